The number of hydrogen-bond acceptors (Lipinski definition) is 8. The van der Waals surface area contributed by atoms with E-state index in [0.29, 0.717) is 37.9 Å². The van der Waals surface area contributed by atoms with Gasteiger partial charge in [-0.05, 0) is 44.6 Å². The van der Waals surface area contributed by atoms with Crippen molar-refractivity contribution in [3.8, 4) is 0 Å². The number of nitrogens with zero attached hydrogens (tertiary/aromatic N) is 2. The lowest BCUT2D eigenvalue weighted by molar-refractivity contribution is -0.142. The highest BCUT2D eigenvalue weighted by Gasteiger charge is 2.31. The third-order valence-electron chi connectivity index (χ3n) is 6.31. The van der Waals surface area contributed by atoms with Crippen LogP contribution in [0.5, 0.6) is 0 Å². The number of carbonyl (C=O) groups excluding carboxylic acids is 3. The highest BCUT2D eigenvalue weighted by atomic mass is 16.4. The van der Waals surface area contributed by atoms with Crippen LogP contribution in [-0.4, -0.2) is 82.0 Å². The fourth-order valence-electron chi connectivity index (χ4n) is 3.68. The Hall–Kier alpha value is -3.72. The molecule has 0 radical (unpaired) electrons. The minimum absolute atomic E-state index is 0.0263. The number of hydrogen-bond donors (Lipinski definition) is 9. The standard InChI is InChI=1S/C24H44N10O5/c1-3-14(2)19(26)22(37)33-17(8-6-10-30-24(27)28)20(35)32-16(7-4-5-9-25)21(36)34-18(23(38)39)11-15-12-29-13-31-15/h12-14,16-19H,3-11,25-26H2,1-2H3,(H,29,31)(H,32,35)(H,33,37)(H,34,36)(H,38,39)(H4,27,28,30). The highest BCUT2D eigenvalue weighted by Crippen LogP contribution is 2.09. The molecule has 0 saturated carbocycles. The van der Waals surface area contributed by atoms with Gasteiger partial charge in [-0.15, -0.1) is 0 Å². The Morgan fingerprint density at radius 1 is 1.00 bits per heavy atom. The number of nitrogens with one attached hydrogen (secondary N) is 4. The Balaban J connectivity index is 3.04. The zero-order chi connectivity index (χ0) is 29.4. The maximum Gasteiger partial charge on any atom is 0.326 e. The molecule has 0 aliphatic rings. The van der Waals surface area contributed by atoms with E-state index in [2.05, 4.69) is 30.9 Å². The van der Waals surface area contributed by atoms with Gasteiger partial charge in [0, 0.05) is 24.9 Å². The molecule has 0 bridgehead atoms. The first-order valence-corrected chi connectivity index (χ1v) is 13.1. The molecular formula is C24H44N10O5. The first-order valence-electron chi connectivity index (χ1n) is 13.1. The van der Waals surface area contributed by atoms with Crippen molar-refractivity contribution in [3.63, 3.8) is 0 Å². The number of aliphatic imine (C=N–C) groups is 1. The SMILES string of the molecule is CCC(C)C(N)C(=O)NC(CCCN=C(N)N)C(=O)NC(CCCCN)C(=O)NC(Cc1cnc[nH]1)C(=O)O. The molecule has 13 N–H and O–H groups in total. The third-order valence-corrected chi connectivity index (χ3v) is 6.31. The number of aliphatic carboxylic acids is 1. The summed E-state index contributed by atoms with van der Waals surface area (Å²) in [5.74, 6) is -3.24. The summed E-state index contributed by atoms with van der Waals surface area (Å²) in [6.45, 7) is 4.35. The molecule has 5 atom stereocenters. The van der Waals surface area contributed by atoms with Crippen molar-refractivity contribution in [2.24, 2.45) is 33.8 Å². The molecule has 0 aromatic carbocycles. The predicted molar refractivity (Wildman–Crippen MR) is 146 cm³/mol. The topological polar surface area (TPSA) is 270 Å². The van der Waals surface area contributed by atoms with E-state index < -0.39 is 47.9 Å². The van der Waals surface area contributed by atoms with Crippen molar-refractivity contribution in [2.45, 2.75) is 83.0 Å². The smallest absolute Gasteiger partial charge is 0.326 e. The van der Waals surface area contributed by atoms with Gasteiger partial charge in [-0.3, -0.25) is 19.4 Å². The summed E-state index contributed by atoms with van der Waals surface area (Å²) in [7, 11) is 0. The summed E-state index contributed by atoms with van der Waals surface area (Å²) in [6.07, 6.45) is 5.37. The van der Waals surface area contributed by atoms with Gasteiger partial charge in [0.05, 0.1) is 12.4 Å². The number of carbonyl (C=O) groups is 4. The van der Waals surface area contributed by atoms with Crippen LogP contribution in [0.25, 0.3) is 0 Å². The number of H-pyrrole nitrogens is 1. The van der Waals surface area contributed by atoms with E-state index in [4.69, 9.17) is 22.9 Å². The van der Waals surface area contributed by atoms with E-state index in [9.17, 15) is 24.3 Å². The van der Waals surface area contributed by atoms with E-state index in [1.165, 1.54) is 12.5 Å². The minimum Gasteiger partial charge on any atom is -0.480 e. The van der Waals surface area contributed by atoms with Crippen molar-refractivity contribution in [1.82, 2.24) is 25.9 Å². The Labute approximate surface area is 228 Å². The molecule has 1 aromatic rings. The molecule has 5 unspecified atom stereocenters. The first-order chi connectivity index (χ1) is 18.5. The van der Waals surface area contributed by atoms with Crippen molar-refractivity contribution < 1.29 is 24.3 Å². The molecule has 0 saturated heterocycles. The zero-order valence-corrected chi connectivity index (χ0v) is 22.7. The predicted octanol–water partition coefficient (Wildman–Crippen LogP) is -1.95. The number of imidazole rings is 1. The molecule has 0 fully saturated rings. The summed E-state index contributed by atoms with van der Waals surface area (Å²) in [5.41, 5.74) is 22.9. The maximum atomic E-state index is 13.3. The fourth-order valence-corrected chi connectivity index (χ4v) is 3.68. The van der Waals surface area contributed by atoms with Crippen molar-refractivity contribution >= 4 is 29.7 Å². The molecule has 39 heavy (non-hydrogen) atoms. The average molecular weight is 553 g/mol. The van der Waals surface area contributed by atoms with Crippen LogP contribution in [0.1, 0.15) is 58.1 Å². The lowest BCUT2D eigenvalue weighted by Gasteiger charge is -2.26. The van der Waals surface area contributed by atoms with Crippen LogP contribution in [0, 0.1) is 5.92 Å². The van der Waals surface area contributed by atoms with Crippen LogP contribution in [0.2, 0.25) is 0 Å². The average Bonchev–Trinajstić information content (AvgIpc) is 3.41. The van der Waals surface area contributed by atoms with Gasteiger partial charge in [-0.1, -0.05) is 20.3 Å². The van der Waals surface area contributed by atoms with Gasteiger partial charge < -0.3 is 49.0 Å². The van der Waals surface area contributed by atoms with Gasteiger partial charge in [0.15, 0.2) is 5.96 Å². The molecule has 3 amide bonds. The van der Waals surface area contributed by atoms with Crippen molar-refractivity contribution in [2.75, 3.05) is 13.1 Å². The highest BCUT2D eigenvalue weighted by molar-refractivity contribution is 5.94. The molecular weight excluding hydrogens is 508 g/mol. The zero-order valence-electron chi connectivity index (χ0n) is 22.7. The van der Waals surface area contributed by atoms with E-state index in [1.54, 1.807) is 0 Å². The van der Waals surface area contributed by atoms with Gasteiger partial charge in [0.25, 0.3) is 0 Å². The summed E-state index contributed by atoms with van der Waals surface area (Å²) >= 11 is 0. The lowest BCUT2D eigenvalue weighted by Crippen LogP contribution is -2.57. The number of guanidine groups is 1. The van der Waals surface area contributed by atoms with Gasteiger partial charge in [0.2, 0.25) is 17.7 Å². The van der Waals surface area contributed by atoms with Crippen LogP contribution in [0.15, 0.2) is 17.5 Å². The summed E-state index contributed by atoms with van der Waals surface area (Å²) < 4.78 is 0. The molecule has 1 heterocycles. The molecule has 220 valence electrons. The summed E-state index contributed by atoms with van der Waals surface area (Å²) in [5, 5.41) is 17.5. The Morgan fingerprint density at radius 2 is 1.59 bits per heavy atom. The normalized spacial score (nSPS) is 14.8. The summed E-state index contributed by atoms with van der Waals surface area (Å²) in [4.78, 5) is 61.5. The maximum absolute atomic E-state index is 13.3. The van der Waals surface area contributed by atoms with Crippen LogP contribution < -0.4 is 38.9 Å². The second-order valence-corrected chi connectivity index (χ2v) is 9.45. The van der Waals surface area contributed by atoms with Gasteiger partial charge >= 0.3 is 5.97 Å². The third kappa shape index (κ3) is 12.6. The van der Waals surface area contributed by atoms with Crippen LogP contribution in [0.3, 0.4) is 0 Å². The molecule has 15 heteroatoms. The molecule has 0 aliphatic carbocycles. The first kappa shape index (κ1) is 33.3. The van der Waals surface area contributed by atoms with E-state index in [0.717, 1.165) is 0 Å². The van der Waals surface area contributed by atoms with Crippen molar-refractivity contribution in [1.29, 1.82) is 0 Å². The van der Waals surface area contributed by atoms with E-state index >= 15 is 0 Å². The Morgan fingerprint density at radius 3 is 2.10 bits per heavy atom. The second-order valence-electron chi connectivity index (χ2n) is 9.45. The Bertz CT molecular complexity index is 936. The molecule has 1 aromatic heterocycles. The van der Waals surface area contributed by atoms with Gasteiger partial charge in [-0.25, -0.2) is 9.78 Å². The molecule has 0 aliphatic heterocycles. The number of unbranched alkanes of at least 4 members (excludes halogenated alkanes) is 1. The van der Waals surface area contributed by atoms with Crippen LogP contribution in [0.4, 0.5) is 0 Å². The number of nitrogens with two attached hydrogens (primary N) is 4. The number of amides is 3. The number of carboxylic acid groups (broad SMARTS) is 1. The van der Waals surface area contributed by atoms with Crippen LogP contribution >= 0.6 is 0 Å². The van der Waals surface area contributed by atoms with Gasteiger partial charge in [-0.2, -0.15) is 0 Å². The largest absolute Gasteiger partial charge is 0.480 e. The number of rotatable bonds is 19. The van der Waals surface area contributed by atoms with E-state index in [-0.39, 0.29) is 37.7 Å². The van der Waals surface area contributed by atoms with Crippen LogP contribution in [-0.2, 0) is 25.6 Å². The number of aromatic amines is 1. The number of aromatic nitrogens is 2. The summed E-state index contributed by atoms with van der Waals surface area (Å²) in [6, 6.07) is -4.17. The monoisotopic (exact) mass is 552 g/mol. The second kappa shape index (κ2) is 17.7. The molecule has 0 spiro atoms. The van der Waals surface area contributed by atoms with E-state index in [1.807, 2.05) is 13.8 Å². The molecule has 15 nitrogen and oxygen atoms in total. The Kier molecular flexibility index (Phi) is 15.1. The lowest BCUT2D eigenvalue weighted by atomic mass is 9.98. The quantitative estimate of drug-likeness (QED) is 0.0519. The number of carboxylic acids is 1. The fraction of sp³-hybridized carbons (Fsp3) is 0.667. The molecule has 1 rings (SSSR count). The van der Waals surface area contributed by atoms with Crippen molar-refractivity contribution in [3.05, 3.63) is 18.2 Å². The minimum atomic E-state index is -1.25. The van der Waals surface area contributed by atoms with Gasteiger partial charge in [0.1, 0.15) is 18.1 Å².